The molecule has 0 bridgehead atoms. The summed E-state index contributed by atoms with van der Waals surface area (Å²) in [6.45, 7) is 0. The van der Waals surface area contributed by atoms with Crippen LogP contribution in [0.5, 0.6) is 0 Å². The zero-order valence-corrected chi connectivity index (χ0v) is 7.35. The third-order valence-electron chi connectivity index (χ3n) is 1.41. The Bertz CT molecular complexity index is 292. The maximum absolute atomic E-state index is 11.1. The molecular formula is C8H9ClN2O. The van der Waals surface area contributed by atoms with Gasteiger partial charge in [-0.25, -0.2) is 0 Å². The third-order valence-corrected chi connectivity index (χ3v) is 1.63. The van der Waals surface area contributed by atoms with Crippen LogP contribution in [0.25, 0.3) is 0 Å². The van der Waals surface area contributed by atoms with E-state index in [1.165, 1.54) is 0 Å². The maximum Gasteiger partial charge on any atom is 0.251 e. The van der Waals surface area contributed by atoms with Gasteiger partial charge in [-0.15, -0.1) is 0 Å². The van der Waals surface area contributed by atoms with Crippen LogP contribution in [0.3, 0.4) is 0 Å². The summed E-state index contributed by atoms with van der Waals surface area (Å²) in [4.78, 5) is 11.1. The molecule has 0 atom stereocenters. The van der Waals surface area contributed by atoms with Gasteiger partial charge < -0.3 is 11.1 Å². The van der Waals surface area contributed by atoms with E-state index in [4.69, 9.17) is 17.3 Å². The fourth-order valence-corrected chi connectivity index (χ4v) is 1.13. The standard InChI is InChI=1S/C8H9ClN2O/c1-11-8(12)5-2-6(9)4-7(10)3-5/h2-4H,10H2,1H3,(H,11,12). The second-order valence-corrected chi connectivity index (χ2v) is 2.79. The molecule has 3 nitrogen and oxygen atoms in total. The first-order valence-corrected chi connectivity index (χ1v) is 3.79. The van der Waals surface area contributed by atoms with Crippen molar-refractivity contribution >= 4 is 23.2 Å². The van der Waals surface area contributed by atoms with Gasteiger partial charge in [-0.1, -0.05) is 11.6 Å². The summed E-state index contributed by atoms with van der Waals surface area (Å²) in [6, 6.07) is 4.73. The summed E-state index contributed by atoms with van der Waals surface area (Å²) in [5.41, 5.74) is 6.45. The first kappa shape index (κ1) is 8.87. The van der Waals surface area contributed by atoms with Crippen molar-refractivity contribution < 1.29 is 4.79 Å². The molecule has 0 spiro atoms. The van der Waals surface area contributed by atoms with E-state index in [-0.39, 0.29) is 5.91 Å². The van der Waals surface area contributed by atoms with Crippen molar-refractivity contribution in [3.8, 4) is 0 Å². The third kappa shape index (κ3) is 1.89. The molecule has 64 valence electrons. The van der Waals surface area contributed by atoms with Gasteiger partial charge in [-0.3, -0.25) is 4.79 Å². The summed E-state index contributed by atoms with van der Waals surface area (Å²) >= 11 is 5.69. The van der Waals surface area contributed by atoms with Gasteiger partial charge in [0.15, 0.2) is 0 Å². The molecule has 0 aromatic heterocycles. The molecular weight excluding hydrogens is 176 g/mol. The summed E-state index contributed by atoms with van der Waals surface area (Å²) in [6.07, 6.45) is 0. The normalized spacial score (nSPS) is 9.50. The maximum atomic E-state index is 11.1. The molecule has 0 aliphatic heterocycles. The van der Waals surface area contributed by atoms with Gasteiger partial charge in [0.1, 0.15) is 0 Å². The van der Waals surface area contributed by atoms with E-state index in [9.17, 15) is 4.79 Å². The van der Waals surface area contributed by atoms with E-state index in [1.54, 1.807) is 25.2 Å². The average molecular weight is 185 g/mol. The monoisotopic (exact) mass is 184 g/mol. The summed E-state index contributed by atoms with van der Waals surface area (Å²) in [7, 11) is 1.55. The zero-order chi connectivity index (χ0) is 9.14. The molecule has 1 rings (SSSR count). The molecule has 1 aromatic carbocycles. The van der Waals surface area contributed by atoms with Gasteiger partial charge in [0.2, 0.25) is 0 Å². The number of hydrogen-bond donors (Lipinski definition) is 2. The minimum absolute atomic E-state index is 0.191. The predicted octanol–water partition coefficient (Wildman–Crippen LogP) is 1.28. The summed E-state index contributed by atoms with van der Waals surface area (Å²) in [5, 5.41) is 2.95. The van der Waals surface area contributed by atoms with Crippen LogP contribution in [0.1, 0.15) is 10.4 Å². The Labute approximate surface area is 75.5 Å². The number of nitrogens with one attached hydrogen (secondary N) is 1. The number of carbonyl (C=O) groups excluding carboxylic acids is 1. The molecule has 0 radical (unpaired) electrons. The van der Waals surface area contributed by atoms with Gasteiger partial charge in [-0.2, -0.15) is 0 Å². The second kappa shape index (κ2) is 3.45. The highest BCUT2D eigenvalue weighted by molar-refractivity contribution is 6.31. The Hall–Kier alpha value is -1.22. The van der Waals surface area contributed by atoms with Crippen molar-refractivity contribution in [1.82, 2.24) is 5.32 Å². The Kier molecular flexibility index (Phi) is 2.55. The van der Waals surface area contributed by atoms with Crippen LogP contribution in [0.2, 0.25) is 5.02 Å². The molecule has 3 N–H and O–H groups in total. The molecule has 12 heavy (non-hydrogen) atoms. The first-order valence-electron chi connectivity index (χ1n) is 3.41. The Morgan fingerprint density at radius 1 is 1.50 bits per heavy atom. The number of amides is 1. The Morgan fingerprint density at radius 2 is 2.17 bits per heavy atom. The highest BCUT2D eigenvalue weighted by Gasteiger charge is 2.04. The largest absolute Gasteiger partial charge is 0.399 e. The number of rotatable bonds is 1. The number of anilines is 1. The molecule has 4 heteroatoms. The fraction of sp³-hybridized carbons (Fsp3) is 0.125. The number of hydrogen-bond acceptors (Lipinski definition) is 2. The second-order valence-electron chi connectivity index (χ2n) is 2.35. The average Bonchev–Trinajstić information content (AvgIpc) is 2.01. The van der Waals surface area contributed by atoms with Crippen molar-refractivity contribution in [3.05, 3.63) is 28.8 Å². The molecule has 0 heterocycles. The van der Waals surface area contributed by atoms with Gasteiger partial charge in [0.25, 0.3) is 5.91 Å². The minimum atomic E-state index is -0.191. The summed E-state index contributed by atoms with van der Waals surface area (Å²) in [5.74, 6) is -0.191. The van der Waals surface area contributed by atoms with Crippen molar-refractivity contribution in [2.45, 2.75) is 0 Å². The molecule has 0 saturated carbocycles. The van der Waals surface area contributed by atoms with Gasteiger partial charge in [0, 0.05) is 23.3 Å². The molecule has 0 fully saturated rings. The van der Waals surface area contributed by atoms with Crippen LogP contribution < -0.4 is 11.1 Å². The molecule has 0 aliphatic rings. The molecule has 0 saturated heterocycles. The number of benzene rings is 1. The van der Waals surface area contributed by atoms with E-state index < -0.39 is 0 Å². The Morgan fingerprint density at radius 3 is 2.67 bits per heavy atom. The number of carbonyl (C=O) groups is 1. The molecule has 1 amide bonds. The van der Waals surface area contributed by atoms with E-state index in [0.717, 1.165) is 0 Å². The number of halogens is 1. The van der Waals surface area contributed by atoms with Crippen molar-refractivity contribution in [3.63, 3.8) is 0 Å². The molecule has 0 aliphatic carbocycles. The van der Waals surface area contributed by atoms with Crippen LogP contribution in [0, 0.1) is 0 Å². The van der Waals surface area contributed by atoms with E-state index in [2.05, 4.69) is 5.32 Å². The molecule has 0 unspecified atom stereocenters. The topological polar surface area (TPSA) is 55.1 Å². The molecule has 1 aromatic rings. The van der Waals surface area contributed by atoms with Crippen LogP contribution in [-0.4, -0.2) is 13.0 Å². The van der Waals surface area contributed by atoms with E-state index >= 15 is 0 Å². The van der Waals surface area contributed by atoms with Crippen LogP contribution >= 0.6 is 11.6 Å². The highest BCUT2D eigenvalue weighted by Crippen LogP contribution is 2.16. The van der Waals surface area contributed by atoms with E-state index in [0.29, 0.717) is 16.3 Å². The zero-order valence-electron chi connectivity index (χ0n) is 6.60. The predicted molar refractivity (Wildman–Crippen MR) is 49.3 cm³/mol. The fourth-order valence-electron chi connectivity index (χ4n) is 0.888. The lowest BCUT2D eigenvalue weighted by Gasteiger charge is -2.01. The highest BCUT2D eigenvalue weighted by atomic mass is 35.5. The quantitative estimate of drug-likeness (QED) is 0.646. The summed E-state index contributed by atoms with van der Waals surface area (Å²) < 4.78 is 0. The van der Waals surface area contributed by atoms with Crippen LogP contribution in [0.4, 0.5) is 5.69 Å². The van der Waals surface area contributed by atoms with Gasteiger partial charge >= 0.3 is 0 Å². The smallest absolute Gasteiger partial charge is 0.251 e. The first-order chi connectivity index (χ1) is 5.63. The lowest BCUT2D eigenvalue weighted by molar-refractivity contribution is 0.0963. The van der Waals surface area contributed by atoms with E-state index in [1.807, 2.05) is 0 Å². The van der Waals surface area contributed by atoms with Crippen molar-refractivity contribution in [2.24, 2.45) is 0 Å². The van der Waals surface area contributed by atoms with Crippen LogP contribution in [0.15, 0.2) is 18.2 Å². The SMILES string of the molecule is CNC(=O)c1cc(N)cc(Cl)c1. The van der Waals surface area contributed by atoms with Crippen molar-refractivity contribution in [2.75, 3.05) is 12.8 Å². The lowest BCUT2D eigenvalue weighted by Crippen LogP contribution is -2.17. The minimum Gasteiger partial charge on any atom is -0.399 e. The van der Waals surface area contributed by atoms with Gasteiger partial charge in [-0.05, 0) is 18.2 Å². The number of nitrogens with two attached hydrogens (primary N) is 1. The van der Waals surface area contributed by atoms with Crippen LogP contribution in [-0.2, 0) is 0 Å². The lowest BCUT2D eigenvalue weighted by atomic mass is 10.2. The van der Waals surface area contributed by atoms with Crippen molar-refractivity contribution in [1.29, 1.82) is 0 Å². The number of nitrogen functional groups attached to an aromatic ring is 1. The van der Waals surface area contributed by atoms with Gasteiger partial charge in [0.05, 0.1) is 0 Å². The Balaban J connectivity index is 3.08.